The molecule has 1 unspecified atom stereocenters. The average molecular weight is 435 g/mol. The van der Waals surface area contributed by atoms with E-state index in [-0.39, 0.29) is 0 Å². The van der Waals surface area contributed by atoms with E-state index >= 15 is 0 Å². The molecular weight excluding hydrogens is 389 g/mol. The number of aliphatic hydroxyl groups is 1. The third-order valence-electron chi connectivity index (χ3n) is 3.23. The van der Waals surface area contributed by atoms with Crippen LogP contribution in [0.25, 0.3) is 0 Å². The zero-order chi connectivity index (χ0) is 21.6. The van der Waals surface area contributed by atoms with Crippen molar-refractivity contribution in [2.45, 2.75) is 60.0 Å². The number of aliphatic hydroxyl groups excluding tert-OH is 1. The Bertz CT molecular complexity index is 305. The van der Waals surface area contributed by atoms with Gasteiger partial charge in [-0.3, -0.25) is 4.67 Å². The van der Waals surface area contributed by atoms with E-state index in [9.17, 15) is 0 Å². The molecule has 0 fully saturated rings. The third-order valence-corrected chi connectivity index (χ3v) is 7.94. The van der Waals surface area contributed by atoms with Gasteiger partial charge in [-0.25, -0.2) is 0 Å². The third kappa shape index (κ3) is 17.1. The number of nitrogens with zero attached hydrogens (tertiary/aromatic N) is 1. The number of rotatable bonds is 19. The van der Waals surface area contributed by atoms with E-state index in [0.717, 1.165) is 37.6 Å². The number of ether oxygens (including phenoxy) is 2. The van der Waals surface area contributed by atoms with Crippen LogP contribution in [0.4, 0.5) is 0 Å². The van der Waals surface area contributed by atoms with E-state index in [2.05, 4.69) is 44.1 Å². The molecule has 0 saturated carbocycles. The molecule has 26 heavy (non-hydrogen) atoms. The highest BCUT2D eigenvalue weighted by molar-refractivity contribution is 8.76. The van der Waals surface area contributed by atoms with Crippen molar-refractivity contribution in [3.05, 3.63) is 0 Å². The summed E-state index contributed by atoms with van der Waals surface area (Å²) in [6.45, 7) is 14.8. The molecule has 0 heterocycles. The fourth-order valence-electron chi connectivity index (χ4n) is 2.36. The Morgan fingerprint density at radius 2 is 1.54 bits per heavy atom. The normalized spacial score (nSPS) is 13.6. The molecule has 0 rings (SSSR count). The van der Waals surface area contributed by atoms with Crippen LogP contribution in [0.15, 0.2) is 0 Å². The summed E-state index contributed by atoms with van der Waals surface area (Å²) in [5.74, 6) is 2.19. The molecule has 0 aliphatic heterocycles. The van der Waals surface area contributed by atoms with Crippen molar-refractivity contribution in [3.8, 4) is 0 Å². The summed E-state index contributed by atoms with van der Waals surface area (Å²) in [6, 6.07) is 1.01. The summed E-state index contributed by atoms with van der Waals surface area (Å²) in [5.41, 5.74) is 0. The molecule has 0 aromatic rings. The highest BCUT2D eigenvalue weighted by Crippen LogP contribution is 2.40. The summed E-state index contributed by atoms with van der Waals surface area (Å²) in [5, 5.41) is 4.18. The maximum atomic E-state index is 6.53. The Morgan fingerprint density at radius 3 is 2.04 bits per heavy atom. The van der Waals surface area contributed by atoms with E-state index < -0.39 is 8.30 Å². The van der Waals surface area contributed by atoms with Crippen LogP contribution in [-0.2, 0) is 14.0 Å². The predicted octanol–water partition coefficient (Wildman–Crippen LogP) is 4.89. The molecule has 1 N–H and O–H groups in total. The van der Waals surface area contributed by atoms with Gasteiger partial charge in [-0.15, -0.1) is 0 Å². The molecule has 0 amide bonds. The van der Waals surface area contributed by atoms with Gasteiger partial charge in [0.15, 0.2) is 0 Å². The summed E-state index contributed by atoms with van der Waals surface area (Å²) in [7, 11) is 4.48. The van der Waals surface area contributed by atoms with Crippen molar-refractivity contribution < 1.29 is 20.5 Å². The Balaban J connectivity index is 0. The van der Waals surface area contributed by atoms with E-state index in [4.69, 9.17) is 16.8 Å². The molecule has 8 heteroatoms. The van der Waals surface area contributed by atoms with Crippen LogP contribution in [0, 0.1) is 0 Å². The van der Waals surface area contributed by atoms with Crippen LogP contribution >= 0.6 is 29.9 Å². The van der Waals surface area contributed by atoms with Gasteiger partial charge in [0.2, 0.25) is 1.43 Å². The molecule has 0 aliphatic rings. The second kappa shape index (κ2) is 20.7. The van der Waals surface area contributed by atoms with Crippen molar-refractivity contribution in [3.63, 3.8) is 0 Å². The number of hydrogen-bond acceptors (Lipinski definition) is 7. The first-order valence-corrected chi connectivity index (χ1v) is 13.3. The highest BCUT2D eigenvalue weighted by Gasteiger charge is 2.20. The van der Waals surface area contributed by atoms with Crippen molar-refractivity contribution in [2.75, 3.05) is 57.8 Å². The lowest BCUT2D eigenvalue weighted by molar-refractivity contribution is 0.0933. The van der Waals surface area contributed by atoms with Gasteiger partial charge in [0, 0.05) is 38.2 Å². The maximum absolute atomic E-state index is 6.53. The van der Waals surface area contributed by atoms with Crippen LogP contribution in [0.2, 0.25) is 0 Å². The van der Waals surface area contributed by atoms with Crippen molar-refractivity contribution in [2.24, 2.45) is 0 Å². The first-order valence-electron chi connectivity index (χ1n) is 10.5. The van der Waals surface area contributed by atoms with Gasteiger partial charge >= 0.3 is 0 Å². The fraction of sp³-hybridized carbons (Fsp3) is 1.00. The largest absolute Gasteiger partial charge is 0.394 e. The predicted molar refractivity (Wildman–Crippen MR) is 121 cm³/mol. The first-order chi connectivity index (χ1) is 13.5. The Kier molecular flexibility index (Phi) is 19.8. The second-order valence-electron chi connectivity index (χ2n) is 6.14. The lowest BCUT2D eigenvalue weighted by Gasteiger charge is -2.35. The van der Waals surface area contributed by atoms with Crippen LogP contribution in [0.5, 0.6) is 0 Å². The number of hydrogen-bond donors (Lipinski definition) is 1. The van der Waals surface area contributed by atoms with Crippen molar-refractivity contribution in [1.82, 2.24) is 4.67 Å². The van der Waals surface area contributed by atoms with Gasteiger partial charge in [-0.05, 0) is 47.2 Å². The second-order valence-corrected chi connectivity index (χ2v) is 10.5. The van der Waals surface area contributed by atoms with Gasteiger partial charge in [0.1, 0.15) is 8.30 Å². The lowest BCUT2D eigenvalue weighted by atomic mass is 10.3. The molecular formula is C18H42NO4PS2. The van der Waals surface area contributed by atoms with Gasteiger partial charge in [-0.2, -0.15) is 0 Å². The summed E-state index contributed by atoms with van der Waals surface area (Å²) in [4.78, 5) is 0. The molecule has 160 valence electrons. The Hall–Kier alpha value is 0.930. The molecule has 0 aliphatic carbocycles. The molecule has 1 atom stereocenters. The molecule has 0 aromatic heterocycles. The maximum Gasteiger partial charge on any atom is 0.210 e. The zero-order valence-electron chi connectivity index (χ0n) is 19.6. The molecule has 0 aromatic carbocycles. The minimum atomic E-state index is -0.545. The van der Waals surface area contributed by atoms with Crippen LogP contribution < -0.4 is 0 Å². The minimum Gasteiger partial charge on any atom is -0.394 e. The highest BCUT2D eigenvalue weighted by atomic mass is 33.1. The van der Waals surface area contributed by atoms with E-state index in [1.54, 1.807) is 0 Å². The first kappa shape index (κ1) is 25.0. The van der Waals surface area contributed by atoms with Crippen LogP contribution in [0.3, 0.4) is 0 Å². The molecule has 0 spiro atoms. The van der Waals surface area contributed by atoms with Crippen LogP contribution in [0.1, 0.15) is 49.3 Å². The quantitative estimate of drug-likeness (QED) is 0.176. The standard InChI is InChI=1S/C17H38NO4PS2.CH4/c1-16(2)18(17(3)4)23(5)22-13-12-21-10-7-15-25-24-14-6-9-20-11-8-19;/h16-17,19H,6-15H2,1-5H3;1H4/i19D;1T. The average Bonchev–Trinajstić information content (AvgIpc) is 2.66. The SMILES string of the molecule is [2H]OCCOCCCSSCCCOCCOP(C)N(C(C)C)C(C)C.[3H]C. The van der Waals surface area contributed by atoms with E-state index in [1.807, 2.05) is 21.6 Å². The zero-order valence-corrected chi connectivity index (χ0v) is 20.1. The molecule has 5 nitrogen and oxygen atoms in total. The minimum absolute atomic E-state index is 0.348. The summed E-state index contributed by atoms with van der Waals surface area (Å²) >= 11 is 0. The smallest absolute Gasteiger partial charge is 0.210 e. The van der Waals surface area contributed by atoms with Crippen molar-refractivity contribution in [1.29, 1.82) is 1.43 Å². The summed E-state index contributed by atoms with van der Waals surface area (Å²) in [6.07, 6.45) is 2.10. The topological polar surface area (TPSA) is 51.2 Å². The van der Waals surface area contributed by atoms with Crippen LogP contribution in [-0.4, -0.2) is 81.1 Å². The molecule has 0 bridgehead atoms. The van der Waals surface area contributed by atoms with Crippen molar-refractivity contribution >= 4 is 29.9 Å². The van der Waals surface area contributed by atoms with E-state index in [0.29, 0.717) is 38.5 Å². The van der Waals surface area contributed by atoms with E-state index in [1.165, 1.54) is 7.40 Å². The van der Waals surface area contributed by atoms with Gasteiger partial charge in [0.25, 0.3) is 0 Å². The molecule has 0 radical (unpaired) electrons. The monoisotopic (exact) mass is 434 g/mol. The fourth-order valence-corrected chi connectivity index (χ4v) is 6.26. The Labute approximate surface area is 174 Å². The molecule has 0 saturated heterocycles. The van der Waals surface area contributed by atoms with Gasteiger partial charge in [-0.1, -0.05) is 29.0 Å². The Morgan fingerprint density at radius 1 is 1.00 bits per heavy atom. The van der Waals surface area contributed by atoms with Gasteiger partial charge in [0.05, 0.1) is 26.4 Å². The van der Waals surface area contributed by atoms with Gasteiger partial charge < -0.3 is 19.1 Å². The summed E-state index contributed by atoms with van der Waals surface area (Å²) < 4.78 is 31.6. The lowest BCUT2D eigenvalue weighted by Crippen LogP contribution is -2.32.